The van der Waals surface area contributed by atoms with Crippen molar-refractivity contribution in [2.45, 2.75) is 52.1 Å². The first kappa shape index (κ1) is 26.1. The molecule has 10 heteroatoms. The van der Waals surface area contributed by atoms with Crippen LogP contribution in [0.4, 0.5) is 0 Å². The highest BCUT2D eigenvalue weighted by atomic mass is 35.5. The van der Waals surface area contributed by atoms with E-state index in [0.717, 1.165) is 12.8 Å². The Labute approximate surface area is 194 Å². The Kier molecular flexibility index (Phi) is 9.51. The molecule has 32 heavy (non-hydrogen) atoms. The highest BCUT2D eigenvalue weighted by Gasteiger charge is 2.35. The third-order valence-electron chi connectivity index (χ3n) is 5.39. The Balaban J connectivity index is 2.02. The number of benzene rings is 1. The number of hydrogen-bond acceptors (Lipinski definition) is 6. The van der Waals surface area contributed by atoms with Gasteiger partial charge in [0.05, 0.1) is 22.1 Å². The molecule has 1 unspecified atom stereocenters. The SMILES string of the molecule is CCCCN(C(=O)COC(=O)[C@@H](NC(=O)c1ccccc1Cl)C(C)C)C1CCS(=O)(=O)C1. The van der Waals surface area contributed by atoms with Gasteiger partial charge in [-0.05, 0) is 30.9 Å². The van der Waals surface area contributed by atoms with E-state index in [-0.39, 0.29) is 28.0 Å². The van der Waals surface area contributed by atoms with Gasteiger partial charge >= 0.3 is 5.97 Å². The first-order chi connectivity index (χ1) is 15.1. The molecular formula is C22H31ClN2O6S. The van der Waals surface area contributed by atoms with E-state index >= 15 is 0 Å². The minimum absolute atomic E-state index is 0.0524. The monoisotopic (exact) mass is 486 g/mol. The smallest absolute Gasteiger partial charge is 0.329 e. The van der Waals surface area contributed by atoms with Crippen LogP contribution in [0.5, 0.6) is 0 Å². The zero-order valence-corrected chi connectivity index (χ0v) is 20.2. The zero-order chi connectivity index (χ0) is 23.9. The molecule has 1 aromatic carbocycles. The Hall–Kier alpha value is -2.13. The lowest BCUT2D eigenvalue weighted by atomic mass is 10.0. The Morgan fingerprint density at radius 1 is 1.25 bits per heavy atom. The summed E-state index contributed by atoms with van der Waals surface area (Å²) < 4.78 is 28.9. The second-order valence-electron chi connectivity index (χ2n) is 8.28. The molecule has 8 nitrogen and oxygen atoms in total. The van der Waals surface area contributed by atoms with Gasteiger partial charge < -0.3 is 15.0 Å². The van der Waals surface area contributed by atoms with E-state index in [9.17, 15) is 22.8 Å². The maximum absolute atomic E-state index is 12.8. The molecule has 1 aliphatic heterocycles. The lowest BCUT2D eigenvalue weighted by molar-refractivity contribution is -0.155. The van der Waals surface area contributed by atoms with Crippen LogP contribution in [0.1, 0.15) is 50.4 Å². The zero-order valence-electron chi connectivity index (χ0n) is 18.7. The Bertz CT molecular complexity index is 934. The number of esters is 1. The van der Waals surface area contributed by atoms with Crippen LogP contribution in [0, 0.1) is 5.92 Å². The van der Waals surface area contributed by atoms with Gasteiger partial charge in [-0.3, -0.25) is 9.59 Å². The molecule has 2 amide bonds. The Morgan fingerprint density at radius 3 is 2.50 bits per heavy atom. The maximum atomic E-state index is 12.8. The molecule has 0 spiro atoms. The number of rotatable bonds is 10. The topological polar surface area (TPSA) is 110 Å². The van der Waals surface area contributed by atoms with Crippen molar-refractivity contribution in [1.82, 2.24) is 10.2 Å². The van der Waals surface area contributed by atoms with E-state index in [1.54, 1.807) is 38.1 Å². The minimum atomic E-state index is -3.16. The number of hydrogen-bond donors (Lipinski definition) is 1. The third-order valence-corrected chi connectivity index (χ3v) is 7.47. The van der Waals surface area contributed by atoms with Gasteiger partial charge in [0.1, 0.15) is 6.04 Å². The standard InChI is InChI=1S/C22H31ClN2O6S/c1-4-5-11-25(16-10-12-32(29,30)14-16)19(26)13-31-22(28)20(15(2)3)24-21(27)17-8-6-7-9-18(17)23/h6-9,15-16,20H,4-5,10-14H2,1-3H3,(H,24,27)/t16?,20-/m0/s1. The summed E-state index contributed by atoms with van der Waals surface area (Å²) in [5.41, 5.74) is 0.233. The first-order valence-corrected chi connectivity index (χ1v) is 13.0. The fourth-order valence-corrected chi connectivity index (χ4v) is 5.48. The van der Waals surface area contributed by atoms with Crippen molar-refractivity contribution in [2.24, 2.45) is 5.92 Å². The van der Waals surface area contributed by atoms with E-state index < -0.39 is 46.3 Å². The number of carbonyl (C=O) groups excluding carboxylic acids is 3. The van der Waals surface area contributed by atoms with Crippen LogP contribution >= 0.6 is 11.6 Å². The molecule has 1 aliphatic rings. The van der Waals surface area contributed by atoms with Crippen LogP contribution in [0.25, 0.3) is 0 Å². The second-order valence-corrected chi connectivity index (χ2v) is 10.9. The van der Waals surface area contributed by atoms with Crippen LogP contribution in [0.15, 0.2) is 24.3 Å². The van der Waals surface area contributed by atoms with Crippen molar-refractivity contribution in [3.05, 3.63) is 34.9 Å². The average Bonchev–Trinajstić information content (AvgIpc) is 3.09. The van der Waals surface area contributed by atoms with Gasteiger partial charge in [0.2, 0.25) is 0 Å². The molecule has 0 aromatic heterocycles. The number of sulfone groups is 1. The molecule has 0 aliphatic carbocycles. The van der Waals surface area contributed by atoms with E-state index in [0.29, 0.717) is 13.0 Å². The van der Waals surface area contributed by atoms with E-state index in [2.05, 4.69) is 5.32 Å². The predicted octanol–water partition coefficient (Wildman–Crippen LogP) is 2.45. The average molecular weight is 487 g/mol. The molecule has 178 valence electrons. The normalized spacial score (nSPS) is 18.2. The highest BCUT2D eigenvalue weighted by molar-refractivity contribution is 7.91. The number of ether oxygens (including phenoxy) is 1. The molecule has 0 bridgehead atoms. The maximum Gasteiger partial charge on any atom is 0.329 e. The summed E-state index contributed by atoms with van der Waals surface area (Å²) >= 11 is 6.05. The predicted molar refractivity (Wildman–Crippen MR) is 122 cm³/mol. The summed E-state index contributed by atoms with van der Waals surface area (Å²) in [6.45, 7) is 5.37. The van der Waals surface area contributed by atoms with Crippen molar-refractivity contribution >= 4 is 39.2 Å². The largest absolute Gasteiger partial charge is 0.454 e. The number of amides is 2. The quantitative estimate of drug-likeness (QED) is 0.509. The Morgan fingerprint density at radius 2 is 1.94 bits per heavy atom. The van der Waals surface area contributed by atoms with Crippen LogP contribution < -0.4 is 5.32 Å². The van der Waals surface area contributed by atoms with Crippen LogP contribution in [0.3, 0.4) is 0 Å². The first-order valence-electron chi connectivity index (χ1n) is 10.8. The molecule has 1 N–H and O–H groups in total. The van der Waals surface area contributed by atoms with Crippen LogP contribution in [-0.2, 0) is 24.2 Å². The fraction of sp³-hybridized carbons (Fsp3) is 0.591. The summed E-state index contributed by atoms with van der Waals surface area (Å²) in [6.07, 6.45) is 1.94. The van der Waals surface area contributed by atoms with E-state index in [1.165, 1.54) is 4.90 Å². The number of halogens is 1. The van der Waals surface area contributed by atoms with Crippen molar-refractivity contribution in [3.8, 4) is 0 Å². The molecule has 1 aromatic rings. The van der Waals surface area contributed by atoms with Crippen molar-refractivity contribution in [1.29, 1.82) is 0 Å². The number of nitrogens with zero attached hydrogens (tertiary/aromatic N) is 1. The molecular weight excluding hydrogens is 456 g/mol. The highest BCUT2D eigenvalue weighted by Crippen LogP contribution is 2.19. The summed E-state index contributed by atoms with van der Waals surface area (Å²) in [5, 5.41) is 2.88. The third kappa shape index (κ3) is 7.20. The van der Waals surface area contributed by atoms with Gasteiger partial charge in [-0.1, -0.05) is 50.9 Å². The number of nitrogens with one attached hydrogen (secondary N) is 1. The number of carbonyl (C=O) groups is 3. The summed E-state index contributed by atoms with van der Waals surface area (Å²) in [5.74, 6) is -1.99. The van der Waals surface area contributed by atoms with E-state index in [1.807, 2.05) is 6.92 Å². The summed E-state index contributed by atoms with van der Waals surface area (Å²) in [7, 11) is -3.16. The lowest BCUT2D eigenvalue weighted by Crippen LogP contribution is -2.47. The molecule has 1 fully saturated rings. The van der Waals surface area contributed by atoms with Crippen molar-refractivity contribution < 1.29 is 27.5 Å². The second kappa shape index (κ2) is 11.7. The minimum Gasteiger partial charge on any atom is -0.454 e. The van der Waals surface area contributed by atoms with Gasteiger partial charge in [0.15, 0.2) is 16.4 Å². The summed E-state index contributed by atoms with van der Waals surface area (Å²) in [6, 6.07) is 5.10. The molecule has 0 radical (unpaired) electrons. The molecule has 2 rings (SSSR count). The fourth-order valence-electron chi connectivity index (χ4n) is 3.53. The van der Waals surface area contributed by atoms with Gasteiger partial charge in [-0.2, -0.15) is 0 Å². The van der Waals surface area contributed by atoms with Gasteiger partial charge in [0.25, 0.3) is 11.8 Å². The summed E-state index contributed by atoms with van der Waals surface area (Å²) in [4.78, 5) is 39.5. The molecule has 1 heterocycles. The van der Waals surface area contributed by atoms with Crippen molar-refractivity contribution in [2.75, 3.05) is 24.7 Å². The van der Waals surface area contributed by atoms with Gasteiger partial charge in [-0.25, -0.2) is 13.2 Å². The number of unbranched alkanes of at least 4 members (excludes halogenated alkanes) is 1. The van der Waals surface area contributed by atoms with Crippen molar-refractivity contribution in [3.63, 3.8) is 0 Å². The van der Waals surface area contributed by atoms with E-state index in [4.69, 9.17) is 16.3 Å². The molecule has 0 saturated carbocycles. The van der Waals surface area contributed by atoms with Gasteiger partial charge in [-0.15, -0.1) is 0 Å². The van der Waals surface area contributed by atoms with Crippen LogP contribution in [-0.4, -0.2) is 67.8 Å². The molecule has 2 atom stereocenters. The van der Waals surface area contributed by atoms with Crippen LogP contribution in [0.2, 0.25) is 5.02 Å². The molecule has 1 saturated heterocycles. The van der Waals surface area contributed by atoms with Gasteiger partial charge in [0, 0.05) is 12.6 Å². The lowest BCUT2D eigenvalue weighted by Gasteiger charge is -2.28.